The van der Waals surface area contributed by atoms with Crippen molar-refractivity contribution in [2.24, 2.45) is 0 Å². The number of hydrogen-bond donors (Lipinski definition) is 4. The van der Waals surface area contributed by atoms with Crippen LogP contribution in [-0.4, -0.2) is 32.1 Å². The van der Waals surface area contributed by atoms with Crippen molar-refractivity contribution in [1.29, 1.82) is 0 Å². The third-order valence-electron chi connectivity index (χ3n) is 4.15. The van der Waals surface area contributed by atoms with Gasteiger partial charge < -0.3 is 21.7 Å². The number of unbranched alkanes of at least 4 members (excludes halogenated alkanes) is 1. The predicted molar refractivity (Wildman–Crippen MR) is 131 cm³/mol. The quantitative estimate of drug-likeness (QED) is 0.292. The van der Waals surface area contributed by atoms with Crippen molar-refractivity contribution in [3.05, 3.63) is 47.5 Å². The van der Waals surface area contributed by atoms with E-state index in [-0.39, 0.29) is 12.8 Å². The second kappa shape index (κ2) is 12.0. The van der Waals surface area contributed by atoms with E-state index in [1.54, 1.807) is 0 Å². The molecule has 0 bridgehead atoms. The molecule has 0 spiro atoms. The summed E-state index contributed by atoms with van der Waals surface area (Å²) in [5.74, 6) is -1.74. The maximum Gasteiger partial charge on any atom is 0.303 e. The monoisotopic (exact) mass is 474 g/mol. The average molecular weight is 475 g/mol. The summed E-state index contributed by atoms with van der Waals surface area (Å²) in [4.78, 5) is 28.1. The fourth-order valence-corrected chi connectivity index (χ4v) is 4.32. The van der Waals surface area contributed by atoms with Crippen LogP contribution in [0.15, 0.2) is 36.4 Å². The first-order valence-corrected chi connectivity index (χ1v) is 11.5. The van der Waals surface area contributed by atoms with Crippen LogP contribution >= 0.6 is 22.7 Å². The Balaban J connectivity index is 0.000000171. The SMILES string of the molecule is Cc1ccc2nc(N)sc2c1.Cc1ccc2nc(N)sc2c1.O=C(O)CCCCC(=O)O. The van der Waals surface area contributed by atoms with Crippen molar-refractivity contribution in [3.63, 3.8) is 0 Å². The normalized spacial score (nSPS) is 10.2. The Kier molecular flexibility index (Phi) is 9.36. The molecule has 4 aromatic rings. The van der Waals surface area contributed by atoms with Crippen LogP contribution in [0.4, 0.5) is 10.3 Å². The average Bonchev–Trinajstić information content (AvgIpc) is 3.25. The molecule has 0 radical (unpaired) electrons. The van der Waals surface area contributed by atoms with E-state index in [0.717, 1.165) is 11.0 Å². The van der Waals surface area contributed by atoms with Gasteiger partial charge in [0.1, 0.15) is 0 Å². The first-order valence-electron chi connectivity index (χ1n) is 9.83. The van der Waals surface area contributed by atoms with Gasteiger partial charge in [0.05, 0.1) is 20.4 Å². The molecular formula is C22H26N4O4S2. The van der Waals surface area contributed by atoms with Crippen molar-refractivity contribution in [3.8, 4) is 0 Å². The van der Waals surface area contributed by atoms with Crippen molar-refractivity contribution < 1.29 is 19.8 Å². The molecule has 32 heavy (non-hydrogen) atoms. The molecule has 0 saturated heterocycles. The molecule has 2 aromatic carbocycles. The standard InChI is InChI=1S/2C8H8N2S.C6H10O4/c2*1-5-2-3-6-7(4-5)11-8(9)10-6;7-5(8)3-1-2-4-6(9)10/h2*2-4H,1H3,(H2,9,10);1-4H2,(H,7,8)(H,9,10). The fraction of sp³-hybridized carbons (Fsp3) is 0.273. The lowest BCUT2D eigenvalue weighted by molar-refractivity contribution is -0.139. The number of hydrogen-bond acceptors (Lipinski definition) is 8. The molecule has 0 atom stereocenters. The number of anilines is 2. The number of nitrogen functional groups attached to an aromatic ring is 2. The van der Waals surface area contributed by atoms with Gasteiger partial charge in [0, 0.05) is 12.8 Å². The zero-order valence-electron chi connectivity index (χ0n) is 17.9. The Morgan fingerprint density at radius 2 is 1.16 bits per heavy atom. The molecular weight excluding hydrogens is 448 g/mol. The molecule has 0 aliphatic carbocycles. The summed E-state index contributed by atoms with van der Waals surface area (Å²) in [5.41, 5.74) is 15.6. The van der Waals surface area contributed by atoms with Crippen LogP contribution in [0.1, 0.15) is 36.8 Å². The van der Waals surface area contributed by atoms with Gasteiger partial charge >= 0.3 is 11.9 Å². The summed E-state index contributed by atoms with van der Waals surface area (Å²) in [6, 6.07) is 12.3. The highest BCUT2D eigenvalue weighted by atomic mass is 32.1. The predicted octanol–water partition coefficient (Wildman–Crippen LogP) is 5.09. The third-order valence-corrected chi connectivity index (χ3v) is 5.85. The molecule has 8 nitrogen and oxygen atoms in total. The molecule has 0 aliphatic rings. The van der Waals surface area contributed by atoms with Gasteiger partial charge in [-0.05, 0) is 62.1 Å². The summed E-state index contributed by atoms with van der Waals surface area (Å²) in [6.45, 7) is 4.13. The Morgan fingerprint density at radius 3 is 1.50 bits per heavy atom. The van der Waals surface area contributed by atoms with Crippen molar-refractivity contribution in [2.75, 3.05) is 11.5 Å². The Bertz CT molecular complexity index is 1110. The Morgan fingerprint density at radius 1 is 0.781 bits per heavy atom. The van der Waals surface area contributed by atoms with E-state index >= 15 is 0 Å². The zero-order chi connectivity index (χ0) is 23.7. The van der Waals surface area contributed by atoms with Crippen LogP contribution in [-0.2, 0) is 9.59 Å². The topological polar surface area (TPSA) is 152 Å². The van der Waals surface area contributed by atoms with Crippen LogP contribution in [0.3, 0.4) is 0 Å². The number of carbonyl (C=O) groups is 2. The number of fused-ring (bicyclic) bond motifs is 2. The summed E-state index contributed by atoms with van der Waals surface area (Å²) in [6.07, 6.45) is 1.02. The van der Waals surface area contributed by atoms with Gasteiger partial charge in [0.2, 0.25) is 0 Å². The van der Waals surface area contributed by atoms with Gasteiger partial charge in [0.15, 0.2) is 10.3 Å². The van der Waals surface area contributed by atoms with Crippen LogP contribution in [0.5, 0.6) is 0 Å². The molecule has 0 amide bonds. The maximum absolute atomic E-state index is 9.90. The molecule has 0 unspecified atom stereocenters. The lowest BCUT2D eigenvalue weighted by atomic mass is 10.2. The molecule has 0 saturated carbocycles. The van der Waals surface area contributed by atoms with Gasteiger partial charge in [-0.25, -0.2) is 9.97 Å². The van der Waals surface area contributed by atoms with Crippen LogP contribution < -0.4 is 11.5 Å². The number of aryl methyl sites for hydroxylation is 2. The van der Waals surface area contributed by atoms with Crippen LogP contribution in [0.2, 0.25) is 0 Å². The summed E-state index contributed by atoms with van der Waals surface area (Å²) in [7, 11) is 0. The fourth-order valence-electron chi connectivity index (χ4n) is 2.65. The number of nitrogens with two attached hydrogens (primary N) is 2. The minimum absolute atomic E-state index is 0.0628. The first kappa shape index (κ1) is 25.0. The second-order valence-electron chi connectivity index (χ2n) is 7.04. The number of nitrogens with zero attached hydrogens (tertiary/aromatic N) is 2. The van der Waals surface area contributed by atoms with Crippen LogP contribution in [0, 0.1) is 13.8 Å². The smallest absolute Gasteiger partial charge is 0.303 e. The third kappa shape index (κ3) is 8.48. The lowest BCUT2D eigenvalue weighted by Crippen LogP contribution is -1.97. The minimum atomic E-state index is -0.870. The van der Waals surface area contributed by atoms with Gasteiger partial charge in [-0.1, -0.05) is 34.8 Å². The molecule has 0 aliphatic heterocycles. The highest BCUT2D eigenvalue weighted by Crippen LogP contribution is 2.24. The number of carboxylic acid groups (broad SMARTS) is 2. The number of benzene rings is 2. The van der Waals surface area contributed by atoms with E-state index < -0.39 is 11.9 Å². The van der Waals surface area contributed by atoms with E-state index in [1.807, 2.05) is 24.3 Å². The number of aromatic nitrogens is 2. The summed E-state index contributed by atoms with van der Waals surface area (Å²) >= 11 is 3.07. The van der Waals surface area contributed by atoms with Gasteiger partial charge in [-0.2, -0.15) is 0 Å². The van der Waals surface area contributed by atoms with Crippen molar-refractivity contribution in [1.82, 2.24) is 9.97 Å². The van der Waals surface area contributed by atoms with Gasteiger partial charge in [0.25, 0.3) is 0 Å². The number of rotatable bonds is 5. The second-order valence-corrected chi connectivity index (χ2v) is 9.17. The Labute approximate surface area is 193 Å². The summed E-state index contributed by atoms with van der Waals surface area (Å²) < 4.78 is 2.34. The molecule has 170 valence electrons. The number of aliphatic carboxylic acids is 2. The zero-order valence-corrected chi connectivity index (χ0v) is 19.5. The largest absolute Gasteiger partial charge is 0.481 e. The van der Waals surface area contributed by atoms with E-state index in [9.17, 15) is 9.59 Å². The summed E-state index contributed by atoms with van der Waals surface area (Å²) in [5, 5.41) is 17.6. The molecule has 2 heterocycles. The van der Waals surface area contributed by atoms with E-state index in [1.165, 1.54) is 43.2 Å². The molecule has 10 heteroatoms. The molecule has 0 fully saturated rings. The van der Waals surface area contributed by atoms with Gasteiger partial charge in [-0.15, -0.1) is 0 Å². The molecule has 2 aromatic heterocycles. The lowest BCUT2D eigenvalue weighted by Gasteiger charge is -1.92. The van der Waals surface area contributed by atoms with Crippen LogP contribution in [0.25, 0.3) is 20.4 Å². The highest BCUT2D eigenvalue weighted by molar-refractivity contribution is 7.22. The van der Waals surface area contributed by atoms with E-state index in [4.69, 9.17) is 21.7 Å². The molecule has 6 N–H and O–H groups in total. The molecule has 4 rings (SSSR count). The maximum atomic E-state index is 9.90. The van der Waals surface area contributed by atoms with E-state index in [0.29, 0.717) is 23.1 Å². The highest BCUT2D eigenvalue weighted by Gasteiger charge is 2.00. The van der Waals surface area contributed by atoms with Crippen molar-refractivity contribution in [2.45, 2.75) is 39.5 Å². The van der Waals surface area contributed by atoms with E-state index in [2.05, 4.69) is 35.9 Å². The number of thiazole rings is 2. The van der Waals surface area contributed by atoms with Gasteiger partial charge in [-0.3, -0.25) is 9.59 Å². The van der Waals surface area contributed by atoms with Crippen molar-refractivity contribution >= 4 is 65.3 Å². The Hall–Kier alpha value is -3.24. The first-order chi connectivity index (χ1) is 15.1. The minimum Gasteiger partial charge on any atom is -0.481 e. The number of carboxylic acids is 2.